The molecule has 0 unspecified atom stereocenters. The zero-order valence-corrected chi connectivity index (χ0v) is 15.4. The van der Waals surface area contributed by atoms with Crippen molar-refractivity contribution >= 4 is 5.91 Å². The highest BCUT2D eigenvalue weighted by Crippen LogP contribution is 2.22. The number of aliphatic hydroxyl groups excluding tert-OH is 1. The van der Waals surface area contributed by atoms with Crippen LogP contribution in [-0.4, -0.2) is 51.4 Å². The number of hydrogen-bond donors (Lipinski definition) is 1. The van der Waals surface area contributed by atoms with E-state index in [4.69, 9.17) is 9.26 Å². The number of likely N-dealkylation sites (tertiary alicyclic amines) is 1. The van der Waals surface area contributed by atoms with Crippen LogP contribution in [-0.2, 0) is 11.2 Å². The van der Waals surface area contributed by atoms with E-state index in [2.05, 4.69) is 10.1 Å². The average molecular weight is 359 g/mol. The molecule has 1 aliphatic rings. The van der Waals surface area contributed by atoms with Gasteiger partial charge in [-0.3, -0.25) is 9.78 Å². The average Bonchev–Trinajstić information content (AvgIpc) is 2.82. The topological polar surface area (TPSA) is 88.7 Å². The number of amides is 1. The van der Waals surface area contributed by atoms with Crippen molar-refractivity contribution in [3.8, 4) is 5.75 Å². The van der Waals surface area contributed by atoms with Crippen LogP contribution >= 0.6 is 0 Å². The first-order chi connectivity index (χ1) is 12.5. The fourth-order valence-corrected chi connectivity index (χ4v) is 3.22. The summed E-state index contributed by atoms with van der Waals surface area (Å²) in [7, 11) is 0. The molecule has 2 atom stereocenters. The number of rotatable bonds is 4. The zero-order valence-electron chi connectivity index (χ0n) is 15.4. The Balaban J connectivity index is 1.63. The Kier molecular flexibility index (Phi) is 5.56. The first kappa shape index (κ1) is 18.4. The highest BCUT2D eigenvalue weighted by molar-refractivity contribution is 5.79. The van der Waals surface area contributed by atoms with E-state index in [9.17, 15) is 9.90 Å². The number of pyridine rings is 1. The monoisotopic (exact) mass is 359 g/mol. The van der Waals surface area contributed by atoms with Crippen molar-refractivity contribution in [3.05, 3.63) is 41.0 Å². The van der Waals surface area contributed by atoms with Crippen molar-refractivity contribution in [2.45, 2.75) is 52.2 Å². The predicted molar refractivity (Wildman–Crippen MR) is 94.9 cm³/mol. The quantitative estimate of drug-likeness (QED) is 0.898. The van der Waals surface area contributed by atoms with Gasteiger partial charge in [-0.2, -0.15) is 0 Å². The number of aromatic nitrogens is 2. The van der Waals surface area contributed by atoms with Gasteiger partial charge in [0.2, 0.25) is 5.91 Å². The van der Waals surface area contributed by atoms with Crippen molar-refractivity contribution in [1.29, 1.82) is 0 Å². The summed E-state index contributed by atoms with van der Waals surface area (Å²) in [5.74, 6) is 1.37. The molecule has 0 aliphatic carbocycles. The molecule has 1 saturated heterocycles. The summed E-state index contributed by atoms with van der Waals surface area (Å²) in [6.45, 7) is 6.58. The lowest BCUT2D eigenvalue weighted by atomic mass is 10.1. The standard InChI is InChI=1S/C19H25N3O4/c1-12-15(14(3)26-21-12)11-19(24)22-9-6-16(23)18(7-10-22)25-17-5-4-8-20-13(17)2/h4-5,8,16,18,23H,6-7,9-11H2,1-3H3/t16-,18-/m0/s1. The smallest absolute Gasteiger partial charge is 0.227 e. The van der Waals surface area contributed by atoms with Crippen LogP contribution < -0.4 is 4.74 Å². The lowest BCUT2D eigenvalue weighted by Crippen LogP contribution is -2.34. The summed E-state index contributed by atoms with van der Waals surface area (Å²) in [6.07, 6.45) is 2.06. The fraction of sp³-hybridized carbons (Fsp3) is 0.526. The van der Waals surface area contributed by atoms with Gasteiger partial charge in [0.15, 0.2) is 0 Å². The van der Waals surface area contributed by atoms with Gasteiger partial charge < -0.3 is 19.3 Å². The van der Waals surface area contributed by atoms with E-state index in [0.29, 0.717) is 37.4 Å². The van der Waals surface area contributed by atoms with E-state index >= 15 is 0 Å². The zero-order chi connectivity index (χ0) is 18.7. The molecule has 0 aromatic carbocycles. The molecule has 0 radical (unpaired) electrons. The largest absolute Gasteiger partial charge is 0.486 e. The van der Waals surface area contributed by atoms with Crippen LogP contribution in [0.2, 0.25) is 0 Å². The number of aryl methyl sites for hydroxylation is 3. The molecule has 26 heavy (non-hydrogen) atoms. The summed E-state index contributed by atoms with van der Waals surface area (Å²) in [5, 5.41) is 14.3. The van der Waals surface area contributed by atoms with Gasteiger partial charge in [-0.25, -0.2) is 0 Å². The molecule has 3 heterocycles. The molecule has 1 fully saturated rings. The molecule has 1 amide bonds. The van der Waals surface area contributed by atoms with Crippen LogP contribution in [0.15, 0.2) is 22.9 Å². The van der Waals surface area contributed by atoms with Crippen LogP contribution in [0.3, 0.4) is 0 Å². The molecule has 2 aromatic rings. The second-order valence-electron chi connectivity index (χ2n) is 6.75. The molecule has 3 rings (SSSR count). The summed E-state index contributed by atoms with van der Waals surface area (Å²) in [6, 6.07) is 3.66. The van der Waals surface area contributed by atoms with E-state index in [1.54, 1.807) is 11.1 Å². The molecule has 140 valence electrons. The van der Waals surface area contributed by atoms with Gasteiger partial charge in [0.05, 0.1) is 23.9 Å². The Morgan fingerprint density at radius 1 is 1.31 bits per heavy atom. The van der Waals surface area contributed by atoms with Crippen LogP contribution in [0.1, 0.15) is 35.6 Å². The van der Waals surface area contributed by atoms with Gasteiger partial charge in [0, 0.05) is 31.3 Å². The molecular weight excluding hydrogens is 334 g/mol. The maximum atomic E-state index is 12.7. The maximum absolute atomic E-state index is 12.7. The van der Waals surface area contributed by atoms with Crippen LogP contribution in [0.4, 0.5) is 0 Å². The Morgan fingerprint density at radius 3 is 2.77 bits per heavy atom. The Morgan fingerprint density at radius 2 is 2.08 bits per heavy atom. The molecule has 0 saturated carbocycles. The van der Waals surface area contributed by atoms with Crippen molar-refractivity contribution in [2.24, 2.45) is 0 Å². The van der Waals surface area contributed by atoms with Crippen LogP contribution in [0, 0.1) is 20.8 Å². The Labute approximate surface area is 153 Å². The van der Waals surface area contributed by atoms with Gasteiger partial charge in [-0.05, 0) is 39.3 Å². The minimum Gasteiger partial charge on any atom is -0.486 e. The van der Waals surface area contributed by atoms with Crippen LogP contribution in [0.5, 0.6) is 5.75 Å². The van der Waals surface area contributed by atoms with Gasteiger partial charge >= 0.3 is 0 Å². The summed E-state index contributed by atoms with van der Waals surface area (Å²) >= 11 is 0. The van der Waals surface area contributed by atoms with Crippen LogP contribution in [0.25, 0.3) is 0 Å². The minimum atomic E-state index is -0.619. The van der Waals surface area contributed by atoms with E-state index in [0.717, 1.165) is 17.0 Å². The third-order valence-electron chi connectivity index (χ3n) is 4.91. The minimum absolute atomic E-state index is 0.0183. The number of nitrogens with zero attached hydrogens (tertiary/aromatic N) is 3. The van der Waals surface area contributed by atoms with Gasteiger partial charge in [-0.1, -0.05) is 5.16 Å². The molecular formula is C19H25N3O4. The lowest BCUT2D eigenvalue weighted by molar-refractivity contribution is -0.130. The summed E-state index contributed by atoms with van der Waals surface area (Å²) in [5.41, 5.74) is 2.38. The third-order valence-corrected chi connectivity index (χ3v) is 4.91. The number of ether oxygens (including phenoxy) is 1. The van der Waals surface area contributed by atoms with Crippen molar-refractivity contribution in [2.75, 3.05) is 13.1 Å². The van der Waals surface area contributed by atoms with Gasteiger partial charge in [-0.15, -0.1) is 0 Å². The number of carbonyl (C=O) groups is 1. The van der Waals surface area contributed by atoms with E-state index in [-0.39, 0.29) is 18.4 Å². The fourth-order valence-electron chi connectivity index (χ4n) is 3.22. The molecule has 1 N–H and O–H groups in total. The second-order valence-corrected chi connectivity index (χ2v) is 6.75. The first-order valence-electron chi connectivity index (χ1n) is 8.91. The van der Waals surface area contributed by atoms with E-state index in [1.807, 2.05) is 32.9 Å². The lowest BCUT2D eigenvalue weighted by Gasteiger charge is -2.22. The van der Waals surface area contributed by atoms with E-state index < -0.39 is 6.10 Å². The second kappa shape index (κ2) is 7.86. The summed E-state index contributed by atoms with van der Waals surface area (Å²) < 4.78 is 11.1. The third kappa shape index (κ3) is 4.04. The Bertz CT molecular complexity index is 754. The van der Waals surface area contributed by atoms with Gasteiger partial charge in [0.1, 0.15) is 17.6 Å². The van der Waals surface area contributed by atoms with Crippen molar-refractivity contribution < 1.29 is 19.2 Å². The molecule has 0 spiro atoms. The molecule has 0 bridgehead atoms. The SMILES string of the molecule is Cc1ncccc1O[C@H]1CCN(C(=O)Cc2c(C)noc2C)CC[C@@H]1O. The highest BCUT2D eigenvalue weighted by Gasteiger charge is 2.29. The number of carbonyl (C=O) groups excluding carboxylic acids is 1. The normalized spacial score (nSPS) is 20.7. The van der Waals surface area contributed by atoms with Gasteiger partial charge in [0.25, 0.3) is 0 Å². The number of hydrogen-bond acceptors (Lipinski definition) is 6. The van der Waals surface area contributed by atoms with Crippen molar-refractivity contribution in [3.63, 3.8) is 0 Å². The molecule has 2 aromatic heterocycles. The predicted octanol–water partition coefficient (Wildman–Crippen LogP) is 1.97. The highest BCUT2D eigenvalue weighted by atomic mass is 16.5. The van der Waals surface area contributed by atoms with E-state index in [1.165, 1.54) is 0 Å². The Hall–Kier alpha value is -2.41. The molecule has 1 aliphatic heterocycles. The summed E-state index contributed by atoms with van der Waals surface area (Å²) in [4.78, 5) is 18.7. The molecule has 7 heteroatoms. The first-order valence-corrected chi connectivity index (χ1v) is 8.91. The van der Waals surface area contributed by atoms with Crippen molar-refractivity contribution in [1.82, 2.24) is 15.0 Å². The number of aliphatic hydroxyl groups is 1. The molecule has 7 nitrogen and oxygen atoms in total. The maximum Gasteiger partial charge on any atom is 0.227 e.